The van der Waals surface area contributed by atoms with Gasteiger partial charge < -0.3 is 15.0 Å². The maximum absolute atomic E-state index is 12.0. The summed E-state index contributed by atoms with van der Waals surface area (Å²) in [7, 11) is 0. The molecule has 0 aromatic heterocycles. The molecule has 0 bridgehead atoms. The van der Waals surface area contributed by atoms with E-state index in [9.17, 15) is 9.59 Å². The fourth-order valence-corrected chi connectivity index (χ4v) is 2.16. The summed E-state index contributed by atoms with van der Waals surface area (Å²) in [6, 6.07) is 8.05. The minimum Gasteiger partial charge on any atom is -0.444 e. The lowest BCUT2D eigenvalue weighted by Gasteiger charge is -2.38. The normalized spacial score (nSPS) is 14.2. The summed E-state index contributed by atoms with van der Waals surface area (Å²) in [5.41, 5.74) is 1.76. The van der Waals surface area contributed by atoms with Crippen molar-refractivity contribution in [1.82, 2.24) is 10.2 Å². The first-order valence-electron chi connectivity index (χ1n) is 8.56. The summed E-state index contributed by atoms with van der Waals surface area (Å²) in [4.78, 5) is 25.4. The van der Waals surface area contributed by atoms with Crippen molar-refractivity contribution in [2.24, 2.45) is 5.92 Å². The van der Waals surface area contributed by atoms with E-state index in [2.05, 4.69) is 5.32 Å². The van der Waals surface area contributed by atoms with Crippen molar-refractivity contribution in [2.75, 3.05) is 13.1 Å². The highest BCUT2D eigenvalue weighted by Gasteiger charge is 2.37. The van der Waals surface area contributed by atoms with E-state index in [-0.39, 0.29) is 17.9 Å². The predicted molar refractivity (Wildman–Crippen MR) is 95.7 cm³/mol. The number of likely N-dealkylation sites (tertiary alicyclic amines) is 1. The van der Waals surface area contributed by atoms with Crippen molar-refractivity contribution in [1.29, 1.82) is 0 Å². The molecular weight excluding hydrogens is 304 g/mol. The Kier molecular flexibility index (Phi) is 7.26. The maximum Gasteiger partial charge on any atom is 0.410 e. The molecule has 1 aliphatic heterocycles. The average molecular weight is 334 g/mol. The summed E-state index contributed by atoms with van der Waals surface area (Å²) in [5.74, 6) is -0.154. The van der Waals surface area contributed by atoms with Crippen LogP contribution in [0.3, 0.4) is 0 Å². The van der Waals surface area contributed by atoms with Crippen LogP contribution in [-0.4, -0.2) is 35.6 Å². The van der Waals surface area contributed by atoms with Crippen LogP contribution in [-0.2, 0) is 16.1 Å². The Morgan fingerprint density at radius 2 is 1.71 bits per heavy atom. The zero-order valence-corrected chi connectivity index (χ0v) is 15.7. The van der Waals surface area contributed by atoms with Crippen LogP contribution in [0.15, 0.2) is 24.3 Å². The second-order valence-electron chi connectivity index (χ2n) is 6.79. The standard InChI is InChI=1S/C17H24N2O3.C2H6/c1-12-5-7-13(8-6-12)9-18-15(20)14-10-19(11-14)16(21)22-17(2,3)4;1-2/h5-8,14H,9-11H2,1-4H3,(H,18,20);1-2H3. The van der Waals surface area contributed by atoms with Crippen LogP contribution in [0.4, 0.5) is 4.79 Å². The van der Waals surface area contributed by atoms with Gasteiger partial charge in [-0.3, -0.25) is 4.79 Å². The van der Waals surface area contributed by atoms with E-state index >= 15 is 0 Å². The molecule has 0 saturated carbocycles. The first-order chi connectivity index (χ1) is 11.2. The molecular formula is C19H30N2O3. The zero-order valence-electron chi connectivity index (χ0n) is 15.7. The monoisotopic (exact) mass is 334 g/mol. The van der Waals surface area contributed by atoms with Crippen LogP contribution in [0.5, 0.6) is 0 Å². The SMILES string of the molecule is CC.Cc1ccc(CNC(=O)C2CN(C(=O)OC(C)(C)C)C2)cc1. The van der Waals surface area contributed by atoms with Gasteiger partial charge in [-0.2, -0.15) is 0 Å². The largest absolute Gasteiger partial charge is 0.444 e. The number of carbonyl (C=O) groups is 2. The minimum absolute atomic E-state index is 0.0135. The van der Waals surface area contributed by atoms with Gasteiger partial charge in [-0.15, -0.1) is 0 Å². The Morgan fingerprint density at radius 3 is 2.21 bits per heavy atom. The minimum atomic E-state index is -0.504. The molecule has 2 amide bonds. The molecule has 1 N–H and O–H groups in total. The molecule has 0 radical (unpaired) electrons. The van der Waals surface area contributed by atoms with Crippen molar-refractivity contribution in [3.63, 3.8) is 0 Å². The van der Waals surface area contributed by atoms with Gasteiger partial charge >= 0.3 is 6.09 Å². The van der Waals surface area contributed by atoms with Crippen LogP contribution in [0.25, 0.3) is 0 Å². The number of hydrogen-bond donors (Lipinski definition) is 1. The third-order valence-electron chi connectivity index (χ3n) is 3.49. The molecule has 0 aliphatic carbocycles. The lowest BCUT2D eigenvalue weighted by atomic mass is 10.00. The van der Waals surface area contributed by atoms with E-state index in [0.717, 1.165) is 5.56 Å². The molecule has 0 unspecified atom stereocenters. The number of hydrogen-bond acceptors (Lipinski definition) is 3. The predicted octanol–water partition coefficient (Wildman–Crippen LogP) is 3.50. The molecule has 0 spiro atoms. The molecule has 1 aliphatic rings. The van der Waals surface area contributed by atoms with E-state index in [4.69, 9.17) is 4.74 Å². The molecule has 1 heterocycles. The van der Waals surface area contributed by atoms with Gasteiger partial charge in [0, 0.05) is 19.6 Å². The van der Waals surface area contributed by atoms with Gasteiger partial charge in [-0.05, 0) is 33.3 Å². The smallest absolute Gasteiger partial charge is 0.410 e. The molecule has 134 valence electrons. The summed E-state index contributed by atoms with van der Waals surface area (Å²) < 4.78 is 5.27. The van der Waals surface area contributed by atoms with Crippen molar-refractivity contribution in [3.05, 3.63) is 35.4 Å². The van der Waals surface area contributed by atoms with Crippen molar-refractivity contribution < 1.29 is 14.3 Å². The third kappa shape index (κ3) is 6.22. The zero-order chi connectivity index (χ0) is 18.3. The van der Waals surface area contributed by atoms with Gasteiger partial charge in [0.2, 0.25) is 5.91 Å². The Balaban J connectivity index is 0.00000139. The summed E-state index contributed by atoms with van der Waals surface area (Å²) in [5, 5.41) is 2.91. The molecule has 1 saturated heterocycles. The van der Waals surface area contributed by atoms with Crippen molar-refractivity contribution >= 4 is 12.0 Å². The fraction of sp³-hybridized carbons (Fsp3) is 0.579. The lowest BCUT2D eigenvalue weighted by molar-refractivity contribution is -0.129. The Hall–Kier alpha value is -2.04. The summed E-state index contributed by atoms with van der Waals surface area (Å²) in [6.45, 7) is 12.9. The van der Waals surface area contributed by atoms with Gasteiger partial charge in [-0.25, -0.2) is 4.79 Å². The highest BCUT2D eigenvalue weighted by atomic mass is 16.6. The first-order valence-corrected chi connectivity index (χ1v) is 8.56. The Labute approximate surface area is 145 Å². The summed E-state index contributed by atoms with van der Waals surface area (Å²) in [6.07, 6.45) is -0.352. The first kappa shape index (κ1) is 20.0. The van der Waals surface area contributed by atoms with Crippen LogP contribution in [0.1, 0.15) is 45.7 Å². The van der Waals surface area contributed by atoms with Gasteiger partial charge in [0.15, 0.2) is 0 Å². The molecule has 1 aromatic carbocycles. The van der Waals surface area contributed by atoms with E-state index < -0.39 is 5.60 Å². The third-order valence-corrected chi connectivity index (χ3v) is 3.49. The fourth-order valence-electron chi connectivity index (χ4n) is 2.16. The van der Waals surface area contributed by atoms with Crippen LogP contribution < -0.4 is 5.32 Å². The molecule has 0 atom stereocenters. The van der Waals surface area contributed by atoms with E-state index in [0.29, 0.717) is 19.6 Å². The number of benzene rings is 1. The lowest BCUT2D eigenvalue weighted by Crippen LogP contribution is -2.56. The second kappa shape index (κ2) is 8.71. The van der Waals surface area contributed by atoms with Gasteiger partial charge in [0.1, 0.15) is 5.60 Å². The van der Waals surface area contributed by atoms with Gasteiger partial charge in [0.25, 0.3) is 0 Å². The van der Waals surface area contributed by atoms with Crippen molar-refractivity contribution in [2.45, 2.75) is 53.7 Å². The number of nitrogens with zero attached hydrogens (tertiary/aromatic N) is 1. The van der Waals surface area contributed by atoms with Gasteiger partial charge in [0.05, 0.1) is 5.92 Å². The number of ether oxygens (including phenoxy) is 1. The number of carbonyl (C=O) groups excluding carboxylic acids is 2. The highest BCUT2D eigenvalue weighted by Crippen LogP contribution is 2.19. The van der Waals surface area contributed by atoms with Crippen LogP contribution >= 0.6 is 0 Å². The molecule has 2 rings (SSSR count). The number of amides is 2. The van der Waals surface area contributed by atoms with Gasteiger partial charge in [-0.1, -0.05) is 43.7 Å². The Bertz CT molecular complexity index is 541. The average Bonchev–Trinajstić information content (AvgIpc) is 2.45. The molecule has 24 heavy (non-hydrogen) atoms. The maximum atomic E-state index is 12.0. The van der Waals surface area contributed by atoms with Crippen molar-refractivity contribution in [3.8, 4) is 0 Å². The van der Waals surface area contributed by atoms with Crippen LogP contribution in [0, 0.1) is 12.8 Å². The Morgan fingerprint density at radius 1 is 1.17 bits per heavy atom. The van der Waals surface area contributed by atoms with E-state index in [1.54, 1.807) is 4.90 Å². The molecule has 1 aromatic rings. The number of nitrogens with one attached hydrogen (secondary N) is 1. The second-order valence-corrected chi connectivity index (χ2v) is 6.79. The molecule has 1 fully saturated rings. The number of aryl methyl sites for hydroxylation is 1. The summed E-state index contributed by atoms with van der Waals surface area (Å²) >= 11 is 0. The topological polar surface area (TPSA) is 58.6 Å². The van der Waals surface area contributed by atoms with E-state index in [1.807, 2.05) is 65.8 Å². The van der Waals surface area contributed by atoms with E-state index in [1.165, 1.54) is 5.56 Å². The number of rotatable bonds is 3. The highest BCUT2D eigenvalue weighted by molar-refractivity contribution is 5.82. The molecule has 5 heteroatoms. The van der Waals surface area contributed by atoms with Crippen LogP contribution in [0.2, 0.25) is 0 Å². The quantitative estimate of drug-likeness (QED) is 0.920. The molecule has 5 nitrogen and oxygen atoms in total.